The van der Waals surface area contributed by atoms with Crippen molar-refractivity contribution in [3.05, 3.63) is 84.1 Å². The zero-order valence-corrected chi connectivity index (χ0v) is 21.0. The van der Waals surface area contributed by atoms with Gasteiger partial charge in [0, 0.05) is 17.6 Å². The molecule has 0 unspecified atom stereocenters. The van der Waals surface area contributed by atoms with Crippen molar-refractivity contribution in [2.45, 2.75) is 39.0 Å². The fourth-order valence-electron chi connectivity index (χ4n) is 4.60. The van der Waals surface area contributed by atoms with Crippen molar-refractivity contribution in [2.75, 3.05) is 25.0 Å². The minimum atomic E-state index is -2.85. The molecule has 0 saturated carbocycles. The average molecular weight is 521 g/mol. The van der Waals surface area contributed by atoms with Crippen LogP contribution in [0.4, 0.5) is 14.5 Å². The minimum Gasteiger partial charge on any atom is -0.489 e. The van der Waals surface area contributed by atoms with E-state index in [1.807, 2.05) is 53.3 Å². The van der Waals surface area contributed by atoms with Gasteiger partial charge in [-0.2, -0.15) is 13.9 Å². The predicted octanol–water partition coefficient (Wildman–Crippen LogP) is 5.49. The van der Waals surface area contributed by atoms with E-state index in [0.717, 1.165) is 53.9 Å². The summed E-state index contributed by atoms with van der Waals surface area (Å²) in [7, 11) is 0. The smallest absolute Gasteiger partial charge is 0.387 e. The Kier molecular flexibility index (Phi) is 8.13. The van der Waals surface area contributed by atoms with Crippen molar-refractivity contribution in [1.29, 1.82) is 0 Å². The van der Waals surface area contributed by atoms with Crippen LogP contribution >= 0.6 is 0 Å². The molecule has 1 aliphatic heterocycles. The zero-order chi connectivity index (χ0) is 26.3. The number of nitrogens with zero attached hydrogens (tertiary/aromatic N) is 3. The monoisotopic (exact) mass is 520 g/mol. The number of halogens is 2. The molecule has 0 radical (unpaired) electrons. The molecule has 2 heterocycles. The van der Waals surface area contributed by atoms with Crippen LogP contribution in [0.2, 0.25) is 0 Å². The Morgan fingerprint density at radius 2 is 1.63 bits per heavy atom. The van der Waals surface area contributed by atoms with E-state index >= 15 is 0 Å². The lowest BCUT2D eigenvalue weighted by Crippen LogP contribution is -2.24. The van der Waals surface area contributed by atoms with Gasteiger partial charge in [0.25, 0.3) is 0 Å². The predicted molar refractivity (Wildman–Crippen MR) is 142 cm³/mol. The molecule has 0 bridgehead atoms. The summed E-state index contributed by atoms with van der Waals surface area (Å²) in [5.41, 5.74) is 3.44. The molecule has 9 heteroatoms. The van der Waals surface area contributed by atoms with Crippen LogP contribution in [0.15, 0.2) is 72.9 Å². The molecule has 1 saturated heterocycles. The van der Waals surface area contributed by atoms with Crippen LogP contribution in [0.25, 0.3) is 10.9 Å². The Morgan fingerprint density at radius 3 is 2.37 bits per heavy atom. The molecule has 1 N–H and O–H groups in total. The summed E-state index contributed by atoms with van der Waals surface area (Å²) >= 11 is 0. The highest BCUT2D eigenvalue weighted by atomic mass is 19.3. The Hall–Kier alpha value is -3.98. The number of nitrogens with one attached hydrogen (secondary N) is 1. The number of alkyl halides is 2. The average Bonchev–Trinajstić information content (AvgIpc) is 3.57. The van der Waals surface area contributed by atoms with Crippen molar-refractivity contribution in [3.8, 4) is 11.5 Å². The summed E-state index contributed by atoms with van der Waals surface area (Å²) in [5.74, 6) is 0.649. The maximum atomic E-state index is 12.7. The minimum absolute atomic E-state index is 0.104. The highest BCUT2D eigenvalue weighted by Gasteiger charge is 2.13. The van der Waals surface area contributed by atoms with Crippen molar-refractivity contribution >= 4 is 22.5 Å². The quantitative estimate of drug-likeness (QED) is 0.283. The fourth-order valence-corrected chi connectivity index (χ4v) is 4.60. The molecule has 5 rings (SSSR count). The first-order chi connectivity index (χ1) is 18.5. The molecule has 38 heavy (non-hydrogen) atoms. The molecule has 1 aromatic heterocycles. The van der Waals surface area contributed by atoms with Gasteiger partial charge < -0.3 is 19.7 Å². The third kappa shape index (κ3) is 6.86. The van der Waals surface area contributed by atoms with Crippen molar-refractivity contribution in [3.63, 3.8) is 0 Å². The summed E-state index contributed by atoms with van der Waals surface area (Å²) in [6, 6.07) is 19.5. The molecule has 0 spiro atoms. The number of hydrogen-bond donors (Lipinski definition) is 1. The SMILES string of the molecule is O=C(Cc1ccc(OCc2ccc(OC(F)F)cc2)cc1)Nc1ccc2cnn(CCN3CCCC3)c2c1. The molecule has 3 aromatic carbocycles. The van der Waals surface area contributed by atoms with E-state index in [1.165, 1.54) is 25.0 Å². The lowest BCUT2D eigenvalue weighted by molar-refractivity contribution is -0.115. The van der Waals surface area contributed by atoms with Gasteiger partial charge in [-0.05, 0) is 79.5 Å². The maximum Gasteiger partial charge on any atom is 0.387 e. The van der Waals surface area contributed by atoms with Gasteiger partial charge >= 0.3 is 6.61 Å². The molecule has 198 valence electrons. The van der Waals surface area contributed by atoms with Gasteiger partial charge in [-0.3, -0.25) is 9.48 Å². The lowest BCUT2D eigenvalue weighted by Gasteiger charge is -2.14. The number of fused-ring (bicyclic) bond motifs is 1. The number of anilines is 1. The van der Waals surface area contributed by atoms with E-state index in [-0.39, 0.29) is 24.7 Å². The molecule has 0 atom stereocenters. The van der Waals surface area contributed by atoms with E-state index in [4.69, 9.17) is 4.74 Å². The van der Waals surface area contributed by atoms with Crippen molar-refractivity contribution in [1.82, 2.24) is 14.7 Å². The number of benzene rings is 3. The Morgan fingerprint density at radius 1 is 0.921 bits per heavy atom. The fraction of sp³-hybridized carbons (Fsp3) is 0.310. The number of aromatic nitrogens is 2. The summed E-state index contributed by atoms with van der Waals surface area (Å²) in [6.45, 7) is 1.56. The van der Waals surface area contributed by atoms with E-state index in [2.05, 4.69) is 20.1 Å². The third-order valence-electron chi connectivity index (χ3n) is 6.60. The number of carbonyl (C=O) groups is 1. The summed E-state index contributed by atoms with van der Waals surface area (Å²) in [5, 5.41) is 8.58. The highest BCUT2D eigenvalue weighted by molar-refractivity contribution is 5.94. The van der Waals surface area contributed by atoms with Gasteiger partial charge in [-0.1, -0.05) is 24.3 Å². The number of rotatable bonds is 11. The van der Waals surface area contributed by atoms with Gasteiger partial charge in [-0.15, -0.1) is 0 Å². The molecule has 1 aliphatic rings. The summed E-state index contributed by atoms with van der Waals surface area (Å²) in [4.78, 5) is 15.2. The van der Waals surface area contributed by atoms with Crippen molar-refractivity contribution < 1.29 is 23.0 Å². The molecule has 0 aliphatic carbocycles. The second kappa shape index (κ2) is 12.0. The standard InChI is InChI=1S/C29H30F2N4O3/c30-29(31)38-26-11-5-22(6-12-26)20-37-25-9-3-21(4-10-25)17-28(36)33-24-8-7-23-19-32-35(27(23)18-24)16-15-34-13-1-2-14-34/h3-12,18-19,29H,1-2,13-17,20H2,(H,33,36). The van der Waals surface area contributed by atoms with Crippen LogP contribution in [0, 0.1) is 0 Å². The van der Waals surface area contributed by atoms with Crippen molar-refractivity contribution in [2.24, 2.45) is 0 Å². The van der Waals surface area contributed by atoms with E-state index in [9.17, 15) is 13.6 Å². The number of carbonyl (C=O) groups excluding carboxylic acids is 1. The summed E-state index contributed by atoms with van der Waals surface area (Å²) < 4.78 is 36.6. The Balaban J connectivity index is 1.12. The van der Waals surface area contributed by atoms with E-state index < -0.39 is 6.61 Å². The highest BCUT2D eigenvalue weighted by Crippen LogP contribution is 2.21. The largest absolute Gasteiger partial charge is 0.489 e. The van der Waals surface area contributed by atoms with Gasteiger partial charge in [-0.25, -0.2) is 0 Å². The molecule has 1 fully saturated rings. The first-order valence-electron chi connectivity index (χ1n) is 12.8. The number of hydrogen-bond acceptors (Lipinski definition) is 5. The van der Waals surface area contributed by atoms with Crippen LogP contribution in [0.3, 0.4) is 0 Å². The van der Waals surface area contributed by atoms with Gasteiger partial charge in [0.1, 0.15) is 18.1 Å². The first kappa shape index (κ1) is 25.7. The topological polar surface area (TPSA) is 68.6 Å². The number of likely N-dealkylation sites (tertiary alicyclic amines) is 1. The molecule has 4 aromatic rings. The number of ether oxygens (including phenoxy) is 2. The van der Waals surface area contributed by atoms with Crippen LogP contribution in [0.5, 0.6) is 11.5 Å². The van der Waals surface area contributed by atoms with Gasteiger partial charge in [0.15, 0.2) is 0 Å². The third-order valence-corrected chi connectivity index (χ3v) is 6.60. The lowest BCUT2D eigenvalue weighted by atomic mass is 10.1. The van der Waals surface area contributed by atoms with Crippen LogP contribution in [-0.2, 0) is 24.4 Å². The van der Waals surface area contributed by atoms with E-state index in [0.29, 0.717) is 5.75 Å². The maximum absolute atomic E-state index is 12.7. The zero-order valence-electron chi connectivity index (χ0n) is 21.0. The molecular weight excluding hydrogens is 490 g/mol. The Labute approximate surface area is 220 Å². The Bertz CT molecular complexity index is 1350. The van der Waals surface area contributed by atoms with Crippen LogP contribution < -0.4 is 14.8 Å². The van der Waals surface area contributed by atoms with Crippen LogP contribution in [-0.4, -0.2) is 46.8 Å². The van der Waals surface area contributed by atoms with Gasteiger partial charge in [0.05, 0.1) is 24.7 Å². The van der Waals surface area contributed by atoms with Crippen LogP contribution in [0.1, 0.15) is 24.0 Å². The normalized spacial score (nSPS) is 13.8. The molecular formula is C29H30F2N4O3. The molecule has 1 amide bonds. The second-order valence-corrected chi connectivity index (χ2v) is 9.37. The summed E-state index contributed by atoms with van der Waals surface area (Å²) in [6.07, 6.45) is 4.64. The van der Waals surface area contributed by atoms with Gasteiger partial charge in [0.2, 0.25) is 5.91 Å². The molecule has 7 nitrogen and oxygen atoms in total. The second-order valence-electron chi connectivity index (χ2n) is 9.37. The van der Waals surface area contributed by atoms with E-state index in [1.54, 1.807) is 12.1 Å². The first-order valence-corrected chi connectivity index (χ1v) is 12.8. The number of amides is 1.